The number of halogens is 1. The van der Waals surface area contributed by atoms with Crippen molar-refractivity contribution in [2.24, 2.45) is 5.10 Å². The number of anilines is 4. The van der Waals surface area contributed by atoms with Gasteiger partial charge in [-0.05, 0) is 80.1 Å². The molecule has 0 bridgehead atoms. The topological polar surface area (TPSA) is 133 Å². The molecule has 0 radical (unpaired) electrons. The highest BCUT2D eigenvalue weighted by Crippen LogP contribution is 2.19. The zero-order valence-electron chi connectivity index (χ0n) is 20.8. The van der Waals surface area contributed by atoms with Crippen LogP contribution in [0.4, 0.5) is 27.7 Å². The van der Waals surface area contributed by atoms with Crippen LogP contribution in [0.2, 0.25) is 0 Å². The lowest BCUT2D eigenvalue weighted by Crippen LogP contribution is -2.18. The van der Waals surface area contributed by atoms with Crippen molar-refractivity contribution in [2.75, 3.05) is 29.7 Å². The monoisotopic (exact) mass is 534 g/mol. The minimum absolute atomic E-state index is 0.166. The van der Waals surface area contributed by atoms with Crippen LogP contribution in [0, 0.1) is 5.82 Å². The molecule has 0 unspecified atom stereocenters. The molecule has 0 spiro atoms. The van der Waals surface area contributed by atoms with E-state index >= 15 is 0 Å². The van der Waals surface area contributed by atoms with Gasteiger partial charge in [-0.3, -0.25) is 10.4 Å². The quantitative estimate of drug-likeness (QED) is 0.167. The van der Waals surface area contributed by atoms with Gasteiger partial charge in [-0.25, -0.2) is 17.5 Å². The predicted octanol–water partition coefficient (Wildman–Crippen LogP) is 4.15. The Bertz CT molecular complexity index is 1500. The number of sulfonamides is 1. The number of hydrazone groups is 1. The third-order valence-corrected chi connectivity index (χ3v) is 6.92. The Hall–Kier alpha value is -4.42. The van der Waals surface area contributed by atoms with Crippen molar-refractivity contribution in [3.63, 3.8) is 0 Å². The van der Waals surface area contributed by atoms with Gasteiger partial charge in [0.25, 0.3) is 0 Å². The number of hydrogen-bond donors (Lipinski definition) is 4. The molecule has 0 atom stereocenters. The zero-order chi connectivity index (χ0) is 27.0. The van der Waals surface area contributed by atoms with Gasteiger partial charge in [-0.2, -0.15) is 15.1 Å². The van der Waals surface area contributed by atoms with Crippen molar-refractivity contribution in [2.45, 2.75) is 18.2 Å². The minimum Gasteiger partial charge on any atom is -0.370 e. The summed E-state index contributed by atoms with van der Waals surface area (Å²) < 4.78 is 39.5. The minimum atomic E-state index is -3.52. The fourth-order valence-corrected chi connectivity index (χ4v) is 4.13. The van der Waals surface area contributed by atoms with E-state index in [0.29, 0.717) is 35.5 Å². The molecule has 2 aromatic heterocycles. The molecule has 4 N–H and O–H groups in total. The second kappa shape index (κ2) is 12.2. The lowest BCUT2D eigenvalue weighted by molar-refractivity contribution is 0.588. The summed E-state index contributed by atoms with van der Waals surface area (Å²) in [5, 5.41) is 10.8. The molecule has 0 aliphatic heterocycles. The van der Waals surface area contributed by atoms with E-state index in [-0.39, 0.29) is 10.7 Å². The van der Waals surface area contributed by atoms with Crippen molar-refractivity contribution in [1.82, 2.24) is 19.7 Å². The molecule has 0 aliphatic carbocycles. The van der Waals surface area contributed by atoms with Gasteiger partial charge in [0.2, 0.25) is 16.0 Å². The lowest BCUT2D eigenvalue weighted by atomic mass is 10.1. The molecule has 0 fully saturated rings. The van der Waals surface area contributed by atoms with E-state index in [1.54, 1.807) is 49.6 Å². The van der Waals surface area contributed by atoms with Crippen LogP contribution < -0.4 is 20.8 Å². The molecule has 0 saturated carbocycles. The Morgan fingerprint density at radius 3 is 2.32 bits per heavy atom. The Morgan fingerprint density at radius 2 is 1.63 bits per heavy atom. The first-order valence-corrected chi connectivity index (χ1v) is 13.2. The fraction of sp³-hybridized carbons (Fsp3) is 0.154. The maximum absolute atomic E-state index is 13.3. The normalized spacial score (nSPS) is 11.7. The Kier molecular flexibility index (Phi) is 8.56. The van der Waals surface area contributed by atoms with Crippen LogP contribution in [0.3, 0.4) is 0 Å². The summed E-state index contributed by atoms with van der Waals surface area (Å²) in [5.41, 5.74) is 6.07. The summed E-state index contributed by atoms with van der Waals surface area (Å²) in [7, 11) is -2.16. The molecule has 196 valence electrons. The maximum Gasteiger partial charge on any atom is 0.240 e. The van der Waals surface area contributed by atoms with Crippen LogP contribution in [0.5, 0.6) is 0 Å². The van der Waals surface area contributed by atoms with E-state index in [4.69, 9.17) is 0 Å². The molecular weight excluding hydrogens is 507 g/mol. The molecule has 2 heterocycles. The van der Waals surface area contributed by atoms with Gasteiger partial charge >= 0.3 is 0 Å². The molecule has 0 saturated heterocycles. The van der Waals surface area contributed by atoms with Crippen LogP contribution in [0.1, 0.15) is 18.1 Å². The lowest BCUT2D eigenvalue weighted by Gasteiger charge is -2.12. The van der Waals surface area contributed by atoms with E-state index < -0.39 is 10.0 Å². The molecule has 2 aromatic carbocycles. The third-order valence-electron chi connectivity index (χ3n) is 5.48. The van der Waals surface area contributed by atoms with Crippen molar-refractivity contribution in [3.05, 3.63) is 96.1 Å². The molecule has 0 aliphatic rings. The van der Waals surface area contributed by atoms with Crippen molar-refractivity contribution >= 4 is 39.0 Å². The molecule has 10 nitrogen and oxygen atoms in total. The summed E-state index contributed by atoms with van der Waals surface area (Å²) >= 11 is 0. The van der Waals surface area contributed by atoms with Gasteiger partial charge in [-0.1, -0.05) is 12.1 Å². The summed E-state index contributed by atoms with van der Waals surface area (Å²) in [5.74, 6) is 0.939. The van der Waals surface area contributed by atoms with E-state index in [1.807, 2.05) is 12.1 Å². The number of aromatic nitrogens is 3. The highest BCUT2D eigenvalue weighted by molar-refractivity contribution is 7.89. The fourth-order valence-electron chi connectivity index (χ4n) is 3.40. The number of benzene rings is 2. The van der Waals surface area contributed by atoms with Gasteiger partial charge in [-0.15, -0.1) is 0 Å². The Balaban J connectivity index is 1.52. The average molecular weight is 535 g/mol. The highest BCUT2D eigenvalue weighted by atomic mass is 32.2. The first-order valence-electron chi connectivity index (χ1n) is 11.7. The second-order valence-electron chi connectivity index (χ2n) is 8.17. The van der Waals surface area contributed by atoms with E-state index in [2.05, 4.69) is 40.8 Å². The SMILES string of the molecule is CNS(=O)(=O)c1ccc(C(C)=NNc2cc(NCCc3ccncc3)nc(Nc3ccc(F)cc3)n2)cc1. The van der Waals surface area contributed by atoms with Crippen LogP contribution in [0.25, 0.3) is 0 Å². The average Bonchev–Trinajstić information content (AvgIpc) is 2.93. The van der Waals surface area contributed by atoms with Crippen molar-refractivity contribution in [1.29, 1.82) is 0 Å². The predicted molar refractivity (Wildman–Crippen MR) is 147 cm³/mol. The van der Waals surface area contributed by atoms with Crippen LogP contribution in [0.15, 0.2) is 89.1 Å². The van der Waals surface area contributed by atoms with Gasteiger partial charge < -0.3 is 10.6 Å². The largest absolute Gasteiger partial charge is 0.370 e. The molecule has 38 heavy (non-hydrogen) atoms. The number of nitrogens with zero attached hydrogens (tertiary/aromatic N) is 4. The number of pyridine rings is 1. The van der Waals surface area contributed by atoms with Gasteiger partial charge in [0, 0.05) is 30.7 Å². The molecule has 4 aromatic rings. The number of rotatable bonds is 11. The van der Waals surface area contributed by atoms with Gasteiger partial charge in [0.05, 0.1) is 10.6 Å². The van der Waals surface area contributed by atoms with Crippen LogP contribution >= 0.6 is 0 Å². The van der Waals surface area contributed by atoms with Gasteiger partial charge in [0.15, 0.2) is 5.82 Å². The van der Waals surface area contributed by atoms with Crippen molar-refractivity contribution < 1.29 is 12.8 Å². The maximum atomic E-state index is 13.3. The summed E-state index contributed by atoms with van der Waals surface area (Å²) in [6.07, 6.45) is 4.27. The molecule has 12 heteroatoms. The van der Waals surface area contributed by atoms with E-state index in [9.17, 15) is 12.8 Å². The second-order valence-corrected chi connectivity index (χ2v) is 10.1. The molecular formula is C26H27FN8O2S. The first kappa shape index (κ1) is 26.6. The van der Waals surface area contributed by atoms with Crippen LogP contribution in [-0.2, 0) is 16.4 Å². The number of nitrogens with one attached hydrogen (secondary N) is 4. The van der Waals surface area contributed by atoms with E-state index in [0.717, 1.165) is 17.5 Å². The first-order chi connectivity index (χ1) is 18.3. The zero-order valence-corrected chi connectivity index (χ0v) is 21.6. The third kappa shape index (κ3) is 7.31. The Labute approximate surface area is 220 Å². The summed E-state index contributed by atoms with van der Waals surface area (Å²) in [4.78, 5) is 13.2. The summed E-state index contributed by atoms with van der Waals surface area (Å²) in [6.45, 7) is 2.42. The summed E-state index contributed by atoms with van der Waals surface area (Å²) in [6, 6.07) is 17.9. The standard InChI is InChI=1S/C26H27FN8O2S/c1-18(20-3-9-23(10-4-20)38(36,37)28-2)34-35-25-17-24(30-16-13-19-11-14-29-15-12-19)32-26(33-25)31-22-7-5-21(27)6-8-22/h3-12,14-15,17,28H,13,16H2,1-2H3,(H3,30,31,32,33,35). The smallest absolute Gasteiger partial charge is 0.240 e. The molecule has 0 amide bonds. The molecule has 4 rings (SSSR count). The highest BCUT2D eigenvalue weighted by Gasteiger charge is 2.11. The number of hydrogen-bond acceptors (Lipinski definition) is 9. The van der Waals surface area contributed by atoms with Gasteiger partial charge in [0.1, 0.15) is 11.6 Å². The van der Waals surface area contributed by atoms with E-state index in [1.165, 1.54) is 31.3 Å². The van der Waals surface area contributed by atoms with Crippen LogP contribution in [-0.4, -0.2) is 42.7 Å². The van der Waals surface area contributed by atoms with Crippen molar-refractivity contribution in [3.8, 4) is 0 Å². The Morgan fingerprint density at radius 1 is 0.947 bits per heavy atom.